The summed E-state index contributed by atoms with van der Waals surface area (Å²) in [7, 11) is 0. The van der Waals surface area contributed by atoms with Gasteiger partial charge < -0.3 is 10.6 Å². The first-order valence-electron chi connectivity index (χ1n) is 9.36. The van der Waals surface area contributed by atoms with Crippen LogP contribution >= 0.6 is 22.7 Å². The molecule has 0 fully saturated rings. The van der Waals surface area contributed by atoms with Crippen molar-refractivity contribution in [3.05, 3.63) is 44.8 Å². The second kappa shape index (κ2) is 10.6. The molecule has 27 heavy (non-hydrogen) atoms. The van der Waals surface area contributed by atoms with E-state index in [4.69, 9.17) is 0 Å². The van der Waals surface area contributed by atoms with Gasteiger partial charge in [0, 0.05) is 6.54 Å². The minimum atomic E-state index is -0.556. The van der Waals surface area contributed by atoms with Crippen molar-refractivity contribution in [2.45, 2.75) is 39.8 Å². The Hall–Kier alpha value is -1.70. The Morgan fingerprint density at radius 2 is 1.89 bits per heavy atom. The van der Waals surface area contributed by atoms with Crippen LogP contribution in [0.25, 0.3) is 0 Å². The van der Waals surface area contributed by atoms with Crippen LogP contribution in [0.3, 0.4) is 0 Å². The smallest absolute Gasteiger partial charge is 0.262 e. The van der Waals surface area contributed by atoms with Gasteiger partial charge in [0.1, 0.15) is 6.04 Å². The lowest BCUT2D eigenvalue weighted by molar-refractivity contribution is -0.124. The predicted molar refractivity (Wildman–Crippen MR) is 113 cm³/mol. The maximum Gasteiger partial charge on any atom is 0.262 e. The van der Waals surface area contributed by atoms with Crippen LogP contribution in [0.2, 0.25) is 0 Å². The van der Waals surface area contributed by atoms with E-state index >= 15 is 0 Å². The number of rotatable bonds is 10. The van der Waals surface area contributed by atoms with E-state index in [2.05, 4.69) is 46.2 Å². The topological polar surface area (TPSA) is 61.4 Å². The molecule has 0 aromatic carbocycles. The summed E-state index contributed by atoms with van der Waals surface area (Å²) in [5, 5.41) is 12.0. The van der Waals surface area contributed by atoms with E-state index in [1.807, 2.05) is 25.3 Å². The maximum absolute atomic E-state index is 12.8. The molecule has 0 radical (unpaired) electrons. The highest BCUT2D eigenvalue weighted by atomic mass is 32.1. The fourth-order valence-electron chi connectivity index (χ4n) is 3.05. The molecule has 2 unspecified atom stereocenters. The quantitative estimate of drug-likeness (QED) is 0.630. The second-order valence-corrected chi connectivity index (χ2v) is 8.44. The van der Waals surface area contributed by atoms with Crippen LogP contribution in [0.5, 0.6) is 0 Å². The Morgan fingerprint density at radius 1 is 1.15 bits per heavy atom. The number of carbonyl (C=O) groups is 2. The minimum Gasteiger partial charge on any atom is -0.352 e. The Labute approximate surface area is 169 Å². The van der Waals surface area contributed by atoms with E-state index in [1.165, 1.54) is 16.9 Å². The van der Waals surface area contributed by atoms with E-state index in [0.717, 1.165) is 13.1 Å². The number of hydrogen-bond acceptors (Lipinski definition) is 5. The lowest BCUT2D eigenvalue weighted by Gasteiger charge is -2.30. The molecule has 2 aromatic heterocycles. The number of amides is 2. The SMILES string of the molecule is CCN(CC)C(CNC(=O)C(NC(=O)c1cccs1)C(C)C)c1ccsc1. The summed E-state index contributed by atoms with van der Waals surface area (Å²) in [5.41, 5.74) is 1.22. The number of nitrogens with zero attached hydrogens (tertiary/aromatic N) is 1. The Kier molecular flexibility index (Phi) is 8.47. The van der Waals surface area contributed by atoms with Gasteiger partial charge in [-0.3, -0.25) is 14.5 Å². The second-order valence-electron chi connectivity index (χ2n) is 6.71. The van der Waals surface area contributed by atoms with Crippen molar-refractivity contribution in [3.8, 4) is 0 Å². The third-order valence-corrected chi connectivity index (χ3v) is 6.20. The van der Waals surface area contributed by atoms with Crippen LogP contribution in [0.1, 0.15) is 49.0 Å². The Bertz CT molecular complexity index is 695. The molecule has 0 aliphatic carbocycles. The van der Waals surface area contributed by atoms with Crippen LogP contribution in [0.15, 0.2) is 34.3 Å². The molecule has 0 spiro atoms. The molecule has 0 bridgehead atoms. The molecule has 2 N–H and O–H groups in total. The highest BCUT2D eigenvalue weighted by molar-refractivity contribution is 7.12. The average Bonchev–Trinajstić information content (AvgIpc) is 3.36. The monoisotopic (exact) mass is 407 g/mol. The molecule has 0 aliphatic rings. The molecule has 5 nitrogen and oxygen atoms in total. The van der Waals surface area contributed by atoms with E-state index in [9.17, 15) is 9.59 Å². The summed E-state index contributed by atoms with van der Waals surface area (Å²) < 4.78 is 0. The summed E-state index contributed by atoms with van der Waals surface area (Å²) in [6, 6.07) is 5.29. The zero-order valence-electron chi connectivity index (χ0n) is 16.4. The van der Waals surface area contributed by atoms with Gasteiger partial charge in [0.15, 0.2) is 0 Å². The Balaban J connectivity index is 2.03. The van der Waals surface area contributed by atoms with Crippen molar-refractivity contribution < 1.29 is 9.59 Å². The largest absolute Gasteiger partial charge is 0.352 e. The summed E-state index contributed by atoms with van der Waals surface area (Å²) in [6.45, 7) is 10.5. The van der Waals surface area contributed by atoms with Gasteiger partial charge in [-0.1, -0.05) is 33.8 Å². The van der Waals surface area contributed by atoms with Crippen LogP contribution in [0, 0.1) is 5.92 Å². The highest BCUT2D eigenvalue weighted by Gasteiger charge is 2.26. The first-order valence-corrected chi connectivity index (χ1v) is 11.2. The third-order valence-electron chi connectivity index (χ3n) is 4.63. The summed E-state index contributed by atoms with van der Waals surface area (Å²) in [4.78, 5) is 28.1. The molecule has 0 aliphatic heterocycles. The van der Waals surface area contributed by atoms with E-state index in [0.29, 0.717) is 11.4 Å². The molecule has 7 heteroatoms. The normalized spacial score (nSPS) is 13.6. The fourth-order valence-corrected chi connectivity index (χ4v) is 4.38. The molecule has 2 heterocycles. The zero-order valence-corrected chi connectivity index (χ0v) is 18.0. The standard InChI is InChI=1S/C20H29N3O2S2/c1-5-23(6-2)16(15-9-11-26-13-15)12-21-20(25)18(14(3)4)22-19(24)17-8-7-10-27-17/h7-11,13-14,16,18H,5-6,12H2,1-4H3,(H,21,25)(H,22,24). The van der Waals surface area contributed by atoms with Crippen LogP contribution < -0.4 is 10.6 Å². The van der Waals surface area contributed by atoms with Gasteiger partial charge in [0.05, 0.1) is 10.9 Å². The van der Waals surface area contributed by atoms with Gasteiger partial charge in [-0.2, -0.15) is 11.3 Å². The molecule has 0 saturated heterocycles. The van der Waals surface area contributed by atoms with Crippen LogP contribution in [0.4, 0.5) is 0 Å². The predicted octanol–water partition coefficient (Wildman–Crippen LogP) is 3.76. The van der Waals surface area contributed by atoms with Crippen LogP contribution in [-0.4, -0.2) is 42.4 Å². The van der Waals surface area contributed by atoms with Crippen molar-refractivity contribution in [3.63, 3.8) is 0 Å². The average molecular weight is 408 g/mol. The van der Waals surface area contributed by atoms with Crippen molar-refractivity contribution >= 4 is 34.5 Å². The lowest BCUT2D eigenvalue weighted by atomic mass is 10.0. The molecule has 2 amide bonds. The Morgan fingerprint density at radius 3 is 2.41 bits per heavy atom. The van der Waals surface area contributed by atoms with Gasteiger partial charge in [0.2, 0.25) is 5.91 Å². The molecule has 2 rings (SSSR count). The summed E-state index contributed by atoms with van der Waals surface area (Å²) >= 11 is 3.04. The number of hydrogen-bond donors (Lipinski definition) is 2. The lowest BCUT2D eigenvalue weighted by Crippen LogP contribution is -2.51. The van der Waals surface area contributed by atoms with Crippen molar-refractivity contribution in [2.24, 2.45) is 5.92 Å². The van der Waals surface area contributed by atoms with Crippen molar-refractivity contribution in [1.82, 2.24) is 15.5 Å². The highest BCUT2D eigenvalue weighted by Crippen LogP contribution is 2.22. The number of carbonyl (C=O) groups excluding carboxylic acids is 2. The molecule has 2 atom stereocenters. The first kappa shape index (κ1) is 21.6. The molecule has 0 saturated carbocycles. The summed E-state index contributed by atoms with van der Waals surface area (Å²) in [6.07, 6.45) is 0. The molecule has 148 valence electrons. The fraction of sp³-hybridized carbons (Fsp3) is 0.500. The minimum absolute atomic E-state index is 0.00182. The molecular formula is C20H29N3O2S2. The van der Waals surface area contributed by atoms with E-state index in [-0.39, 0.29) is 23.8 Å². The van der Waals surface area contributed by atoms with Crippen molar-refractivity contribution in [2.75, 3.05) is 19.6 Å². The van der Waals surface area contributed by atoms with Gasteiger partial charge in [-0.05, 0) is 52.8 Å². The third kappa shape index (κ3) is 5.89. The van der Waals surface area contributed by atoms with E-state index < -0.39 is 6.04 Å². The number of likely N-dealkylation sites (N-methyl/N-ethyl adjacent to an activating group) is 1. The van der Waals surface area contributed by atoms with Crippen molar-refractivity contribution in [1.29, 1.82) is 0 Å². The first-order chi connectivity index (χ1) is 13.0. The van der Waals surface area contributed by atoms with Gasteiger partial charge >= 0.3 is 0 Å². The molecule has 2 aromatic rings. The van der Waals surface area contributed by atoms with Gasteiger partial charge in [-0.25, -0.2) is 0 Å². The van der Waals surface area contributed by atoms with Gasteiger partial charge in [0.25, 0.3) is 5.91 Å². The van der Waals surface area contributed by atoms with Gasteiger partial charge in [-0.15, -0.1) is 11.3 Å². The number of thiophene rings is 2. The molecular weight excluding hydrogens is 378 g/mol. The number of nitrogens with one attached hydrogen (secondary N) is 2. The van der Waals surface area contributed by atoms with Crippen LogP contribution in [-0.2, 0) is 4.79 Å². The zero-order chi connectivity index (χ0) is 19.8. The summed E-state index contributed by atoms with van der Waals surface area (Å²) in [5.74, 6) is -0.332. The maximum atomic E-state index is 12.8. The van der Waals surface area contributed by atoms with E-state index in [1.54, 1.807) is 17.4 Å².